The van der Waals surface area contributed by atoms with Crippen molar-refractivity contribution in [3.63, 3.8) is 0 Å². The van der Waals surface area contributed by atoms with Gasteiger partial charge in [0, 0.05) is 0 Å². The highest BCUT2D eigenvalue weighted by molar-refractivity contribution is 5.73. The van der Waals surface area contributed by atoms with E-state index in [9.17, 15) is 4.79 Å². The first-order valence-corrected chi connectivity index (χ1v) is 2.96. The average molecular weight is 164 g/mol. The van der Waals surface area contributed by atoms with Crippen LogP contribution in [0.4, 0.5) is 0 Å². The van der Waals surface area contributed by atoms with Crippen LogP contribution in [0.25, 0.3) is 0 Å². The van der Waals surface area contributed by atoms with Crippen LogP contribution in [0.1, 0.15) is 0 Å². The van der Waals surface area contributed by atoms with Crippen LogP contribution in [0.3, 0.4) is 0 Å². The lowest BCUT2D eigenvalue weighted by Gasteiger charge is -2.08. The second kappa shape index (κ2) is 2.74. The number of carbonyl (C=O) groups is 1. The van der Waals surface area contributed by atoms with E-state index in [0.29, 0.717) is 0 Å². The molecule has 0 aromatic heterocycles. The standard InChI is InChI=1S/C5H8O6/c6-1-2(7)5(10)11-3(1)4(8)9/h1-3,5-7,10H,(H,8,9)/t1-,2-,3-,5+/m1/s1. The fraction of sp³-hybridized carbons (Fsp3) is 0.800. The van der Waals surface area contributed by atoms with E-state index in [2.05, 4.69) is 4.74 Å². The molecular formula is C5H8O6. The highest BCUT2D eigenvalue weighted by atomic mass is 16.7. The number of rotatable bonds is 1. The van der Waals surface area contributed by atoms with E-state index < -0.39 is 30.6 Å². The van der Waals surface area contributed by atoms with Gasteiger partial charge in [-0.05, 0) is 0 Å². The summed E-state index contributed by atoms with van der Waals surface area (Å²) in [4.78, 5) is 10.2. The molecule has 11 heavy (non-hydrogen) atoms. The van der Waals surface area contributed by atoms with Crippen molar-refractivity contribution in [3.8, 4) is 0 Å². The summed E-state index contributed by atoms with van der Waals surface area (Å²) >= 11 is 0. The van der Waals surface area contributed by atoms with Crippen molar-refractivity contribution >= 4 is 5.97 Å². The highest BCUT2D eigenvalue weighted by Crippen LogP contribution is 2.19. The average Bonchev–Trinajstić information content (AvgIpc) is 2.17. The summed E-state index contributed by atoms with van der Waals surface area (Å²) in [6.45, 7) is 0. The van der Waals surface area contributed by atoms with E-state index in [1.807, 2.05) is 0 Å². The minimum Gasteiger partial charge on any atom is -0.479 e. The molecule has 1 fully saturated rings. The number of carboxylic acids is 1. The zero-order valence-corrected chi connectivity index (χ0v) is 5.41. The van der Waals surface area contributed by atoms with Crippen LogP contribution in [-0.2, 0) is 9.53 Å². The Bertz CT molecular complexity index is 168. The molecule has 6 heteroatoms. The van der Waals surface area contributed by atoms with Crippen molar-refractivity contribution in [2.24, 2.45) is 0 Å². The smallest absolute Gasteiger partial charge is 0.335 e. The van der Waals surface area contributed by atoms with Crippen molar-refractivity contribution in [2.45, 2.75) is 24.6 Å². The van der Waals surface area contributed by atoms with Crippen LogP contribution in [0.15, 0.2) is 0 Å². The molecule has 1 saturated heterocycles. The van der Waals surface area contributed by atoms with E-state index in [-0.39, 0.29) is 0 Å². The van der Waals surface area contributed by atoms with Crippen LogP contribution < -0.4 is 0 Å². The Morgan fingerprint density at radius 2 is 1.73 bits per heavy atom. The van der Waals surface area contributed by atoms with Gasteiger partial charge in [0.2, 0.25) is 0 Å². The lowest BCUT2D eigenvalue weighted by molar-refractivity contribution is -0.165. The third kappa shape index (κ3) is 1.33. The van der Waals surface area contributed by atoms with Crippen molar-refractivity contribution < 1.29 is 30.0 Å². The Morgan fingerprint density at radius 3 is 1.91 bits per heavy atom. The summed E-state index contributed by atoms with van der Waals surface area (Å²) in [5.74, 6) is -1.41. The minimum absolute atomic E-state index is 1.41. The first kappa shape index (κ1) is 8.41. The van der Waals surface area contributed by atoms with Gasteiger partial charge in [0.1, 0.15) is 12.2 Å². The third-order valence-corrected chi connectivity index (χ3v) is 1.48. The van der Waals surface area contributed by atoms with Gasteiger partial charge in [-0.25, -0.2) is 4.79 Å². The molecule has 0 spiro atoms. The lowest BCUT2D eigenvalue weighted by atomic mass is 10.1. The summed E-state index contributed by atoms with van der Waals surface area (Å²) < 4.78 is 4.30. The van der Waals surface area contributed by atoms with Gasteiger partial charge < -0.3 is 25.2 Å². The summed E-state index contributed by atoms with van der Waals surface area (Å²) in [6, 6.07) is 0. The first-order chi connectivity index (χ1) is 5.04. The van der Waals surface area contributed by atoms with E-state index in [0.717, 1.165) is 0 Å². The number of aliphatic hydroxyl groups is 3. The molecular weight excluding hydrogens is 156 g/mol. The maximum atomic E-state index is 10.2. The fourth-order valence-electron chi connectivity index (χ4n) is 0.863. The SMILES string of the molecule is O=C(O)[C@@H]1O[C@H](O)[C@H](O)[C@H]1O. The van der Waals surface area contributed by atoms with Crippen molar-refractivity contribution in [3.05, 3.63) is 0 Å². The van der Waals surface area contributed by atoms with Gasteiger partial charge in [-0.1, -0.05) is 0 Å². The second-order valence-electron chi connectivity index (χ2n) is 2.27. The van der Waals surface area contributed by atoms with E-state index in [4.69, 9.17) is 20.4 Å². The Kier molecular flexibility index (Phi) is 2.10. The molecule has 0 aromatic carbocycles. The highest BCUT2D eigenvalue weighted by Gasteiger charge is 2.45. The quantitative estimate of drug-likeness (QED) is 0.341. The molecule has 4 atom stereocenters. The van der Waals surface area contributed by atoms with Crippen LogP contribution in [0, 0.1) is 0 Å². The topological polar surface area (TPSA) is 107 Å². The zero-order chi connectivity index (χ0) is 8.59. The van der Waals surface area contributed by atoms with Gasteiger partial charge in [0.15, 0.2) is 12.4 Å². The molecule has 4 N–H and O–H groups in total. The number of carboxylic acid groups (broad SMARTS) is 1. The molecule has 1 aliphatic heterocycles. The molecule has 6 nitrogen and oxygen atoms in total. The molecule has 1 heterocycles. The maximum absolute atomic E-state index is 10.2. The number of aliphatic carboxylic acids is 1. The number of aliphatic hydroxyl groups excluding tert-OH is 3. The van der Waals surface area contributed by atoms with Crippen LogP contribution in [0.2, 0.25) is 0 Å². The Labute approximate surface area is 61.6 Å². The van der Waals surface area contributed by atoms with Crippen molar-refractivity contribution in [1.82, 2.24) is 0 Å². The van der Waals surface area contributed by atoms with Gasteiger partial charge in [-0.15, -0.1) is 0 Å². The normalized spacial score (nSPS) is 44.3. The zero-order valence-electron chi connectivity index (χ0n) is 5.41. The largest absolute Gasteiger partial charge is 0.479 e. The van der Waals surface area contributed by atoms with Crippen LogP contribution >= 0.6 is 0 Å². The Hall–Kier alpha value is -0.690. The molecule has 0 saturated carbocycles. The number of hydrogen-bond acceptors (Lipinski definition) is 5. The predicted molar refractivity (Wildman–Crippen MR) is 30.5 cm³/mol. The minimum atomic E-state index is -1.62. The molecule has 64 valence electrons. The third-order valence-electron chi connectivity index (χ3n) is 1.48. The fourth-order valence-corrected chi connectivity index (χ4v) is 0.863. The molecule has 0 amide bonds. The summed E-state index contributed by atoms with van der Waals surface area (Å²) in [5, 5.41) is 34.7. The summed E-state index contributed by atoms with van der Waals surface area (Å²) in [6.07, 6.45) is -6.27. The van der Waals surface area contributed by atoms with Crippen molar-refractivity contribution in [2.75, 3.05) is 0 Å². The van der Waals surface area contributed by atoms with Gasteiger partial charge in [-0.3, -0.25) is 0 Å². The summed E-state index contributed by atoms with van der Waals surface area (Å²) in [7, 11) is 0. The van der Waals surface area contributed by atoms with E-state index in [1.54, 1.807) is 0 Å². The molecule has 0 unspecified atom stereocenters. The molecule has 0 aliphatic carbocycles. The van der Waals surface area contributed by atoms with Crippen molar-refractivity contribution in [1.29, 1.82) is 0 Å². The number of ether oxygens (including phenoxy) is 1. The van der Waals surface area contributed by atoms with Crippen LogP contribution in [-0.4, -0.2) is 51.0 Å². The van der Waals surface area contributed by atoms with Gasteiger partial charge in [0.05, 0.1) is 0 Å². The van der Waals surface area contributed by atoms with E-state index >= 15 is 0 Å². The van der Waals surface area contributed by atoms with E-state index in [1.165, 1.54) is 0 Å². The van der Waals surface area contributed by atoms with Crippen LogP contribution in [0.5, 0.6) is 0 Å². The Balaban J connectivity index is 2.67. The second-order valence-corrected chi connectivity index (χ2v) is 2.27. The predicted octanol–water partition coefficient (Wildman–Crippen LogP) is -2.49. The lowest BCUT2D eigenvalue weighted by Crippen LogP contribution is -2.36. The number of hydrogen-bond donors (Lipinski definition) is 4. The van der Waals surface area contributed by atoms with Gasteiger partial charge >= 0.3 is 5.97 Å². The maximum Gasteiger partial charge on any atom is 0.335 e. The molecule has 0 aromatic rings. The summed E-state index contributed by atoms with van der Waals surface area (Å²) in [5.41, 5.74) is 0. The first-order valence-electron chi connectivity index (χ1n) is 2.96. The van der Waals surface area contributed by atoms with Gasteiger partial charge in [-0.2, -0.15) is 0 Å². The monoisotopic (exact) mass is 164 g/mol. The molecule has 1 aliphatic rings. The molecule has 1 rings (SSSR count). The molecule has 0 bridgehead atoms. The van der Waals surface area contributed by atoms with Gasteiger partial charge in [0.25, 0.3) is 0 Å². The molecule has 0 radical (unpaired) electrons. The Morgan fingerprint density at radius 1 is 1.18 bits per heavy atom.